The van der Waals surface area contributed by atoms with Crippen LogP contribution in [0.4, 0.5) is 0 Å². The number of carbonyl (C=O) groups is 1. The third kappa shape index (κ3) is 5.70. The quantitative estimate of drug-likeness (QED) is 0.250. The van der Waals surface area contributed by atoms with Crippen LogP contribution < -0.4 is 15.1 Å². The minimum atomic E-state index is -0.442. The summed E-state index contributed by atoms with van der Waals surface area (Å²) in [5, 5.41) is 1.32. The summed E-state index contributed by atoms with van der Waals surface area (Å²) in [7, 11) is 1.54. The summed E-state index contributed by atoms with van der Waals surface area (Å²) in [6, 6.07) is 8.57. The van der Waals surface area contributed by atoms with Crippen LogP contribution in [-0.2, 0) is 38.6 Å². The molecule has 8 nitrogen and oxygen atoms in total. The summed E-state index contributed by atoms with van der Waals surface area (Å²) < 4.78 is 32.6. The smallest absolute Gasteiger partial charge is 0.336 e. The molecular formula is C25H25ClO8. The number of ether oxygens (including phenoxy) is 5. The Bertz CT molecular complexity index is 1250. The van der Waals surface area contributed by atoms with Gasteiger partial charge in [0.25, 0.3) is 0 Å². The van der Waals surface area contributed by atoms with E-state index in [1.54, 1.807) is 25.3 Å². The summed E-state index contributed by atoms with van der Waals surface area (Å²) in [6.07, 6.45) is 0.544. The molecule has 1 aliphatic rings. The Hall–Kier alpha value is -3.07. The number of carbonyl (C=O) groups excluding carboxylic acids is 1. The van der Waals surface area contributed by atoms with E-state index in [9.17, 15) is 9.59 Å². The minimum absolute atomic E-state index is 0.151. The number of benzene rings is 2. The normalized spacial score (nSPS) is 12.8. The van der Waals surface area contributed by atoms with Gasteiger partial charge in [-0.2, -0.15) is 0 Å². The van der Waals surface area contributed by atoms with Gasteiger partial charge in [-0.25, -0.2) is 4.79 Å². The lowest BCUT2D eigenvalue weighted by Gasteiger charge is -2.21. The van der Waals surface area contributed by atoms with Crippen LogP contribution in [0.5, 0.6) is 11.5 Å². The molecule has 0 bridgehead atoms. The largest absolute Gasteiger partial charge is 0.488 e. The van der Waals surface area contributed by atoms with Gasteiger partial charge in [0, 0.05) is 47.2 Å². The molecule has 0 radical (unpaired) electrons. The first kappa shape index (κ1) is 24.1. The zero-order chi connectivity index (χ0) is 24.1. The zero-order valence-corrected chi connectivity index (χ0v) is 19.7. The second-order valence-corrected chi connectivity index (χ2v) is 8.31. The molecule has 1 aromatic heterocycles. The van der Waals surface area contributed by atoms with Gasteiger partial charge in [0.1, 0.15) is 30.3 Å². The molecule has 2 aromatic carbocycles. The van der Waals surface area contributed by atoms with Crippen molar-refractivity contribution in [2.24, 2.45) is 0 Å². The second-order valence-electron chi connectivity index (χ2n) is 7.87. The average Bonchev–Trinajstić information content (AvgIpc) is 2.81. The van der Waals surface area contributed by atoms with E-state index in [4.69, 9.17) is 39.7 Å². The molecule has 0 spiro atoms. The van der Waals surface area contributed by atoms with Crippen molar-refractivity contribution in [3.63, 3.8) is 0 Å². The van der Waals surface area contributed by atoms with Crippen LogP contribution >= 0.6 is 11.6 Å². The SMILES string of the molecule is COCCOC(=O)CCc1cc2c(C)cc(=O)oc2cc1OCc1cc(Cl)cc2c1OCOC2. The van der Waals surface area contributed by atoms with Gasteiger partial charge in [-0.05, 0) is 42.7 Å². The molecule has 0 unspecified atom stereocenters. The molecule has 180 valence electrons. The van der Waals surface area contributed by atoms with Gasteiger partial charge < -0.3 is 28.1 Å². The number of methoxy groups -OCH3 is 1. The van der Waals surface area contributed by atoms with Crippen molar-refractivity contribution >= 4 is 28.5 Å². The summed E-state index contributed by atoms with van der Waals surface area (Å²) in [6.45, 7) is 3.09. The fourth-order valence-electron chi connectivity index (χ4n) is 3.79. The van der Waals surface area contributed by atoms with Crippen LogP contribution in [0.15, 0.2) is 39.5 Å². The maximum Gasteiger partial charge on any atom is 0.336 e. The molecule has 0 fully saturated rings. The van der Waals surface area contributed by atoms with Crippen LogP contribution in [-0.4, -0.2) is 33.1 Å². The number of hydrogen-bond donors (Lipinski definition) is 0. The Balaban J connectivity index is 1.61. The first-order valence-corrected chi connectivity index (χ1v) is 11.2. The first-order valence-electron chi connectivity index (χ1n) is 10.8. The molecule has 0 saturated carbocycles. The van der Waals surface area contributed by atoms with Crippen molar-refractivity contribution < 1.29 is 32.9 Å². The number of hydrogen-bond acceptors (Lipinski definition) is 8. The number of rotatable bonds is 9. The fourth-order valence-corrected chi connectivity index (χ4v) is 4.05. The summed E-state index contributed by atoms with van der Waals surface area (Å²) >= 11 is 6.27. The summed E-state index contributed by atoms with van der Waals surface area (Å²) in [4.78, 5) is 24.0. The standard InChI is InChI=1S/C25H25ClO8/c1-15-7-24(28)34-22-11-21(16(10-20(15)22)3-4-23(27)31-6-5-29-2)32-13-18-9-19(26)8-17-12-30-14-33-25(17)18/h7-11H,3-6,12-14H2,1-2H3. The topological polar surface area (TPSA) is 93.4 Å². The number of fused-ring (bicyclic) bond motifs is 2. The number of aryl methyl sites for hydroxylation is 2. The maximum absolute atomic E-state index is 12.1. The van der Waals surface area contributed by atoms with E-state index in [1.807, 2.05) is 13.0 Å². The Labute approximate surface area is 201 Å². The highest BCUT2D eigenvalue weighted by molar-refractivity contribution is 6.30. The molecule has 1 aliphatic heterocycles. The van der Waals surface area contributed by atoms with Crippen LogP contribution in [0.2, 0.25) is 5.02 Å². The van der Waals surface area contributed by atoms with Gasteiger partial charge in [-0.15, -0.1) is 0 Å². The lowest BCUT2D eigenvalue weighted by Crippen LogP contribution is -2.14. The van der Waals surface area contributed by atoms with Gasteiger partial charge in [-0.3, -0.25) is 4.79 Å². The fraction of sp³-hybridized carbons (Fsp3) is 0.360. The van der Waals surface area contributed by atoms with E-state index in [0.29, 0.717) is 41.7 Å². The van der Waals surface area contributed by atoms with Gasteiger partial charge >= 0.3 is 11.6 Å². The molecule has 0 amide bonds. The predicted molar refractivity (Wildman–Crippen MR) is 124 cm³/mol. The highest BCUT2D eigenvalue weighted by Gasteiger charge is 2.18. The van der Waals surface area contributed by atoms with E-state index in [-0.39, 0.29) is 32.4 Å². The molecule has 4 rings (SSSR count). The summed E-state index contributed by atoms with van der Waals surface area (Å²) in [5.74, 6) is 0.838. The monoisotopic (exact) mass is 488 g/mol. The first-order chi connectivity index (χ1) is 16.4. The molecule has 3 aromatic rings. The van der Waals surface area contributed by atoms with Gasteiger partial charge in [-0.1, -0.05) is 11.6 Å². The molecule has 2 heterocycles. The van der Waals surface area contributed by atoms with Crippen LogP contribution in [0.1, 0.15) is 28.7 Å². The van der Waals surface area contributed by atoms with E-state index in [1.165, 1.54) is 6.07 Å². The van der Waals surface area contributed by atoms with Gasteiger partial charge in [0.2, 0.25) is 0 Å². The van der Waals surface area contributed by atoms with Crippen molar-refractivity contribution in [1.82, 2.24) is 0 Å². The van der Waals surface area contributed by atoms with Crippen molar-refractivity contribution in [1.29, 1.82) is 0 Å². The summed E-state index contributed by atoms with van der Waals surface area (Å²) in [5.41, 5.74) is 3.14. The minimum Gasteiger partial charge on any atom is -0.488 e. The van der Waals surface area contributed by atoms with E-state index in [0.717, 1.165) is 27.6 Å². The molecule has 0 atom stereocenters. The Morgan fingerprint density at radius 2 is 1.97 bits per heavy atom. The number of esters is 1. The molecule has 34 heavy (non-hydrogen) atoms. The maximum atomic E-state index is 12.1. The highest BCUT2D eigenvalue weighted by Crippen LogP contribution is 2.34. The van der Waals surface area contributed by atoms with Crippen LogP contribution in [0, 0.1) is 6.92 Å². The zero-order valence-electron chi connectivity index (χ0n) is 19.0. The van der Waals surface area contributed by atoms with E-state index < -0.39 is 5.63 Å². The second kappa shape index (κ2) is 10.9. The lowest BCUT2D eigenvalue weighted by atomic mass is 10.0. The Kier molecular flexibility index (Phi) is 7.72. The number of halogens is 1. The van der Waals surface area contributed by atoms with E-state index >= 15 is 0 Å². The molecule has 9 heteroatoms. The van der Waals surface area contributed by atoms with Gasteiger partial charge in [0.05, 0.1) is 13.2 Å². The third-order valence-electron chi connectivity index (χ3n) is 5.42. The molecule has 0 N–H and O–H groups in total. The van der Waals surface area contributed by atoms with Crippen LogP contribution in [0.25, 0.3) is 11.0 Å². The van der Waals surface area contributed by atoms with Gasteiger partial charge in [0.15, 0.2) is 6.79 Å². The van der Waals surface area contributed by atoms with Crippen molar-refractivity contribution in [2.75, 3.05) is 27.1 Å². The molecule has 0 saturated heterocycles. The van der Waals surface area contributed by atoms with Crippen LogP contribution in [0.3, 0.4) is 0 Å². The van der Waals surface area contributed by atoms with Crippen molar-refractivity contribution in [3.05, 3.63) is 68.0 Å². The van der Waals surface area contributed by atoms with E-state index in [2.05, 4.69) is 0 Å². The highest BCUT2D eigenvalue weighted by atomic mass is 35.5. The van der Waals surface area contributed by atoms with Crippen molar-refractivity contribution in [3.8, 4) is 11.5 Å². The van der Waals surface area contributed by atoms with Crippen molar-refractivity contribution in [2.45, 2.75) is 33.0 Å². The predicted octanol–water partition coefficient (Wildman–Crippen LogP) is 4.32. The lowest BCUT2D eigenvalue weighted by molar-refractivity contribution is -0.144. The Morgan fingerprint density at radius 1 is 1.12 bits per heavy atom. The Morgan fingerprint density at radius 3 is 2.79 bits per heavy atom. The third-order valence-corrected chi connectivity index (χ3v) is 5.63. The average molecular weight is 489 g/mol. The molecular weight excluding hydrogens is 464 g/mol. The molecule has 0 aliphatic carbocycles.